The fourth-order valence-electron chi connectivity index (χ4n) is 4.74. The van der Waals surface area contributed by atoms with Crippen molar-refractivity contribution < 1.29 is 9.59 Å². The smallest absolute Gasteiger partial charge is 0.251 e. The first-order chi connectivity index (χ1) is 17.5. The van der Waals surface area contributed by atoms with Crippen LogP contribution in [-0.2, 0) is 9.59 Å². The highest BCUT2D eigenvalue weighted by Gasteiger charge is 2.42. The maximum absolute atomic E-state index is 13.5. The zero-order chi connectivity index (χ0) is 25.2. The molecule has 2 amide bonds. The molecule has 2 N–H and O–H groups in total. The molecule has 0 saturated heterocycles. The Bertz CT molecular complexity index is 1470. The number of fused-ring (bicyclic) bond motifs is 1. The molecule has 2 heterocycles. The number of aryl methyl sites for hydroxylation is 1. The maximum Gasteiger partial charge on any atom is 0.251 e. The van der Waals surface area contributed by atoms with Gasteiger partial charge in [-0.3, -0.25) is 9.59 Å². The summed E-state index contributed by atoms with van der Waals surface area (Å²) in [6, 6.07) is 18.0. The van der Waals surface area contributed by atoms with Gasteiger partial charge in [-0.1, -0.05) is 54.1 Å². The van der Waals surface area contributed by atoms with Crippen molar-refractivity contribution in [2.75, 3.05) is 5.32 Å². The third kappa shape index (κ3) is 4.25. The largest absolute Gasteiger partial charge is 0.339 e. The number of hydrogen-bond donors (Lipinski definition) is 2. The van der Waals surface area contributed by atoms with Crippen LogP contribution in [0.15, 0.2) is 90.0 Å². The third-order valence-corrected chi connectivity index (χ3v) is 6.48. The van der Waals surface area contributed by atoms with Crippen LogP contribution in [-0.4, -0.2) is 27.6 Å². The van der Waals surface area contributed by atoms with E-state index < -0.39 is 12.0 Å². The lowest BCUT2D eigenvalue weighted by atomic mass is 9.81. The Balaban J connectivity index is 1.61. The highest BCUT2D eigenvalue weighted by molar-refractivity contribution is 6.04. The summed E-state index contributed by atoms with van der Waals surface area (Å²) in [6.45, 7) is 3.84. The molecule has 36 heavy (non-hydrogen) atoms. The Kier molecular flexibility index (Phi) is 6.09. The van der Waals surface area contributed by atoms with Crippen molar-refractivity contribution in [2.24, 2.45) is 0 Å². The third-order valence-electron chi connectivity index (χ3n) is 6.48. The number of carbonyl (C=O) groups excluding carboxylic acids is 2. The van der Waals surface area contributed by atoms with Crippen LogP contribution in [0, 0.1) is 18.3 Å². The zero-order valence-electron chi connectivity index (χ0n) is 20.0. The number of carbonyl (C=O) groups is 2. The van der Waals surface area contributed by atoms with Gasteiger partial charge in [-0.25, -0.2) is 4.68 Å². The van der Waals surface area contributed by atoms with Gasteiger partial charge in [0.25, 0.3) is 5.91 Å². The van der Waals surface area contributed by atoms with Crippen molar-refractivity contribution >= 4 is 17.6 Å². The van der Waals surface area contributed by atoms with Gasteiger partial charge in [0.1, 0.15) is 11.9 Å². The number of nitrogens with zero attached hydrogens (tertiary/aromatic N) is 3. The molecule has 2 aromatic carbocycles. The number of benzene rings is 2. The monoisotopic (exact) mass is 475 g/mol. The van der Waals surface area contributed by atoms with Gasteiger partial charge < -0.3 is 10.6 Å². The molecule has 2 atom stereocenters. The minimum absolute atomic E-state index is 0.323. The standard InChI is InChI=1S/C29H25N5O2/c1-18-8-6-7-9-22(16-18)28(35)31-26-25(21-14-12-20(17-30)13-15-21)24-19(2)33-34(27(24)32-29(26)36)23-10-4-3-5-11-23/h3-5,7-16,25-26H,6H2,1-2H3,(H,31,35)(H,32,36). The summed E-state index contributed by atoms with van der Waals surface area (Å²) in [6.07, 6.45) is 8.31. The number of aromatic nitrogens is 2. The first-order valence-electron chi connectivity index (χ1n) is 11.8. The van der Waals surface area contributed by atoms with Gasteiger partial charge in [-0.15, -0.1) is 0 Å². The Morgan fingerprint density at radius 2 is 1.89 bits per heavy atom. The Labute approximate surface area is 209 Å². The maximum atomic E-state index is 13.5. The first-order valence-corrected chi connectivity index (χ1v) is 11.8. The number of nitriles is 1. The summed E-state index contributed by atoms with van der Waals surface area (Å²) in [4.78, 5) is 26.8. The van der Waals surface area contributed by atoms with Gasteiger partial charge in [0.2, 0.25) is 5.91 Å². The summed E-state index contributed by atoms with van der Waals surface area (Å²) >= 11 is 0. The number of allylic oxidation sites excluding steroid dienone is 4. The second kappa shape index (κ2) is 9.51. The highest BCUT2D eigenvalue weighted by atomic mass is 16.2. The molecule has 5 rings (SSSR count). The first kappa shape index (κ1) is 23.1. The SMILES string of the molecule is CC1=CCC=CC(C(=O)NC2C(=O)Nc3c(c(C)nn3-c3ccccc3)C2c2ccc(C#N)cc2)=C1. The Hall–Kier alpha value is -4.70. The van der Waals surface area contributed by atoms with Crippen LogP contribution in [0.4, 0.5) is 5.82 Å². The fourth-order valence-corrected chi connectivity index (χ4v) is 4.74. The van der Waals surface area contributed by atoms with Gasteiger partial charge in [-0.05, 0) is 56.2 Å². The molecule has 0 saturated carbocycles. The molecule has 7 heteroatoms. The van der Waals surface area contributed by atoms with Crippen LogP contribution in [0.3, 0.4) is 0 Å². The number of rotatable bonds is 4. The molecule has 0 radical (unpaired) electrons. The van der Waals surface area contributed by atoms with Crippen LogP contribution in [0.2, 0.25) is 0 Å². The molecule has 1 aliphatic carbocycles. The van der Waals surface area contributed by atoms with Crippen LogP contribution < -0.4 is 10.6 Å². The zero-order valence-corrected chi connectivity index (χ0v) is 20.0. The van der Waals surface area contributed by atoms with E-state index in [1.807, 2.05) is 74.5 Å². The summed E-state index contributed by atoms with van der Waals surface area (Å²) in [7, 11) is 0. The van der Waals surface area contributed by atoms with Gasteiger partial charge in [0.05, 0.1) is 23.0 Å². The predicted molar refractivity (Wildman–Crippen MR) is 137 cm³/mol. The van der Waals surface area contributed by atoms with Crippen molar-refractivity contribution in [1.29, 1.82) is 5.26 Å². The van der Waals surface area contributed by atoms with Crippen molar-refractivity contribution in [3.8, 4) is 11.8 Å². The quantitative estimate of drug-likeness (QED) is 0.582. The topological polar surface area (TPSA) is 99.8 Å². The minimum Gasteiger partial charge on any atom is -0.339 e. The van der Waals surface area contributed by atoms with E-state index in [0.717, 1.165) is 34.5 Å². The fraction of sp³-hybridized carbons (Fsp3) is 0.172. The van der Waals surface area contributed by atoms with E-state index in [-0.39, 0.29) is 11.8 Å². The second-order valence-corrected chi connectivity index (χ2v) is 8.93. The molecule has 178 valence electrons. The van der Waals surface area contributed by atoms with Gasteiger partial charge in [0, 0.05) is 17.1 Å². The number of para-hydroxylation sites is 1. The average Bonchev–Trinajstić information content (AvgIpc) is 3.06. The van der Waals surface area contributed by atoms with E-state index in [0.29, 0.717) is 17.0 Å². The van der Waals surface area contributed by atoms with Gasteiger partial charge >= 0.3 is 0 Å². The molecule has 0 spiro atoms. The number of nitrogens with one attached hydrogen (secondary N) is 2. The van der Waals surface area contributed by atoms with E-state index in [2.05, 4.69) is 16.7 Å². The molecule has 0 fully saturated rings. The highest BCUT2D eigenvalue weighted by Crippen LogP contribution is 2.40. The van der Waals surface area contributed by atoms with Gasteiger partial charge in [0.15, 0.2) is 0 Å². The van der Waals surface area contributed by atoms with Crippen LogP contribution in [0.25, 0.3) is 5.69 Å². The Morgan fingerprint density at radius 3 is 2.61 bits per heavy atom. The van der Waals surface area contributed by atoms with Crippen LogP contribution in [0.5, 0.6) is 0 Å². The predicted octanol–water partition coefficient (Wildman–Crippen LogP) is 4.45. The van der Waals surface area contributed by atoms with E-state index in [4.69, 9.17) is 5.10 Å². The second-order valence-electron chi connectivity index (χ2n) is 8.93. The summed E-state index contributed by atoms with van der Waals surface area (Å²) in [5.41, 5.74) is 5.21. The molecular weight excluding hydrogens is 450 g/mol. The molecule has 1 aliphatic heterocycles. The number of anilines is 1. The molecule has 0 bridgehead atoms. The lowest BCUT2D eigenvalue weighted by Gasteiger charge is -2.33. The van der Waals surface area contributed by atoms with E-state index in [9.17, 15) is 14.9 Å². The van der Waals surface area contributed by atoms with E-state index >= 15 is 0 Å². The van der Waals surface area contributed by atoms with Gasteiger partial charge in [-0.2, -0.15) is 10.4 Å². The number of hydrogen-bond acceptors (Lipinski definition) is 4. The molecule has 1 aromatic heterocycles. The minimum atomic E-state index is -0.869. The summed E-state index contributed by atoms with van der Waals surface area (Å²) in [5, 5.41) is 20.0. The summed E-state index contributed by atoms with van der Waals surface area (Å²) < 4.78 is 1.72. The molecule has 7 nitrogen and oxygen atoms in total. The molecule has 3 aromatic rings. The molecular formula is C29H25N5O2. The van der Waals surface area contributed by atoms with Crippen molar-refractivity contribution in [3.63, 3.8) is 0 Å². The van der Waals surface area contributed by atoms with Crippen molar-refractivity contribution in [1.82, 2.24) is 15.1 Å². The number of amides is 2. The normalized spacial score (nSPS) is 18.8. The summed E-state index contributed by atoms with van der Waals surface area (Å²) in [5.74, 6) is -0.560. The van der Waals surface area contributed by atoms with Crippen LogP contribution in [0.1, 0.15) is 41.6 Å². The Morgan fingerprint density at radius 1 is 1.14 bits per heavy atom. The van der Waals surface area contributed by atoms with Crippen molar-refractivity contribution in [3.05, 3.63) is 112 Å². The van der Waals surface area contributed by atoms with E-state index in [1.165, 1.54) is 0 Å². The van der Waals surface area contributed by atoms with E-state index in [1.54, 1.807) is 22.9 Å². The molecule has 2 unspecified atom stereocenters. The molecule has 2 aliphatic rings. The van der Waals surface area contributed by atoms with Crippen molar-refractivity contribution in [2.45, 2.75) is 32.2 Å². The lowest BCUT2D eigenvalue weighted by Crippen LogP contribution is -2.51. The average molecular weight is 476 g/mol. The van der Waals surface area contributed by atoms with Crippen LogP contribution >= 0.6 is 0 Å². The lowest BCUT2D eigenvalue weighted by molar-refractivity contribution is -0.124.